The molecule has 88 valence electrons. The summed E-state index contributed by atoms with van der Waals surface area (Å²) in [7, 11) is 0. The molecule has 0 saturated carbocycles. The maximum Gasteiger partial charge on any atom is 0.161 e. The zero-order valence-electron chi connectivity index (χ0n) is 9.46. The highest BCUT2D eigenvalue weighted by Crippen LogP contribution is 2.22. The second kappa shape index (κ2) is 4.58. The summed E-state index contributed by atoms with van der Waals surface area (Å²) >= 11 is 5.29. The third kappa shape index (κ3) is 1.98. The summed E-state index contributed by atoms with van der Waals surface area (Å²) in [6.45, 7) is 0. The van der Waals surface area contributed by atoms with Crippen molar-refractivity contribution in [1.29, 1.82) is 0 Å². The fourth-order valence-corrected chi connectivity index (χ4v) is 2.03. The van der Waals surface area contributed by atoms with Gasteiger partial charge in [0.05, 0.1) is 11.8 Å². The van der Waals surface area contributed by atoms with Crippen LogP contribution in [-0.2, 0) is 0 Å². The van der Waals surface area contributed by atoms with Crippen LogP contribution in [0.4, 0.5) is 5.69 Å². The summed E-state index contributed by atoms with van der Waals surface area (Å²) < 4.78 is 5.26. The Kier molecular flexibility index (Phi) is 2.78. The summed E-state index contributed by atoms with van der Waals surface area (Å²) in [4.78, 5) is 4.87. The number of furan rings is 1. The summed E-state index contributed by atoms with van der Waals surface area (Å²) in [6.07, 6.45) is 3.38. The Hall–Kier alpha value is -2.20. The van der Waals surface area contributed by atoms with Gasteiger partial charge in [0, 0.05) is 17.3 Å². The molecule has 18 heavy (non-hydrogen) atoms. The van der Waals surface area contributed by atoms with Crippen molar-refractivity contribution in [1.82, 2.24) is 4.98 Å². The summed E-state index contributed by atoms with van der Waals surface area (Å²) in [5.41, 5.74) is 1.87. The molecule has 0 fully saturated rings. The highest BCUT2D eigenvalue weighted by molar-refractivity contribution is 7.81. The Labute approximate surface area is 109 Å². The number of rotatable bonds is 2. The van der Waals surface area contributed by atoms with Gasteiger partial charge >= 0.3 is 0 Å². The minimum atomic E-state index is 0.566. The summed E-state index contributed by atoms with van der Waals surface area (Å²) in [5, 5.41) is 4.22. The molecule has 0 saturated heterocycles. The number of benzene rings is 1. The highest BCUT2D eigenvalue weighted by Gasteiger charge is 2.06. The SMILES string of the molecule is S=C(Nc1cccc2ncccc12)c1ccco1. The Bertz CT molecular complexity index is 687. The molecule has 1 N–H and O–H groups in total. The minimum absolute atomic E-state index is 0.566. The first-order chi connectivity index (χ1) is 8.84. The molecule has 0 amide bonds. The first kappa shape index (κ1) is 10.9. The lowest BCUT2D eigenvalue weighted by atomic mass is 10.2. The van der Waals surface area contributed by atoms with Gasteiger partial charge in [-0.3, -0.25) is 4.98 Å². The average Bonchev–Trinajstić information content (AvgIpc) is 2.93. The topological polar surface area (TPSA) is 38.1 Å². The molecule has 0 unspecified atom stereocenters. The number of hydrogen-bond donors (Lipinski definition) is 1. The number of anilines is 1. The minimum Gasteiger partial charge on any atom is -0.462 e. The predicted molar refractivity (Wildman–Crippen MR) is 75.8 cm³/mol. The van der Waals surface area contributed by atoms with Crippen LogP contribution >= 0.6 is 12.2 Å². The van der Waals surface area contributed by atoms with E-state index in [1.54, 1.807) is 12.5 Å². The van der Waals surface area contributed by atoms with Crippen LogP contribution in [0.25, 0.3) is 10.9 Å². The number of hydrogen-bond acceptors (Lipinski definition) is 3. The lowest BCUT2D eigenvalue weighted by Gasteiger charge is -2.08. The van der Waals surface area contributed by atoms with Gasteiger partial charge in [-0.15, -0.1) is 0 Å². The maximum atomic E-state index is 5.29. The number of aromatic nitrogens is 1. The molecule has 2 aromatic heterocycles. The van der Waals surface area contributed by atoms with E-state index in [1.165, 1.54) is 0 Å². The smallest absolute Gasteiger partial charge is 0.161 e. The molecule has 3 aromatic rings. The van der Waals surface area contributed by atoms with Crippen molar-refractivity contribution >= 4 is 33.8 Å². The molecule has 2 heterocycles. The Balaban J connectivity index is 1.98. The molecular formula is C14H10N2OS. The monoisotopic (exact) mass is 254 g/mol. The molecule has 0 radical (unpaired) electrons. The average molecular weight is 254 g/mol. The Morgan fingerprint density at radius 3 is 2.89 bits per heavy atom. The number of fused-ring (bicyclic) bond motifs is 1. The molecule has 3 rings (SSSR count). The van der Waals surface area contributed by atoms with Crippen LogP contribution in [0.1, 0.15) is 5.76 Å². The normalized spacial score (nSPS) is 10.4. The van der Waals surface area contributed by atoms with Gasteiger partial charge in [0.1, 0.15) is 4.99 Å². The second-order valence-corrected chi connectivity index (χ2v) is 4.22. The first-order valence-corrected chi connectivity index (χ1v) is 5.94. The van der Waals surface area contributed by atoms with Gasteiger partial charge < -0.3 is 9.73 Å². The van der Waals surface area contributed by atoms with E-state index >= 15 is 0 Å². The molecule has 0 aliphatic carbocycles. The van der Waals surface area contributed by atoms with Crippen molar-refractivity contribution in [2.75, 3.05) is 5.32 Å². The maximum absolute atomic E-state index is 5.29. The number of pyridine rings is 1. The number of nitrogens with zero attached hydrogens (tertiary/aromatic N) is 1. The molecule has 0 spiro atoms. The van der Waals surface area contributed by atoms with Gasteiger partial charge in [0.25, 0.3) is 0 Å². The molecule has 1 aromatic carbocycles. The van der Waals surface area contributed by atoms with Crippen molar-refractivity contribution in [3.8, 4) is 0 Å². The Morgan fingerprint density at radius 2 is 2.06 bits per heavy atom. The molecule has 0 aliphatic rings. The van der Waals surface area contributed by atoms with E-state index in [1.807, 2.05) is 42.5 Å². The van der Waals surface area contributed by atoms with E-state index in [4.69, 9.17) is 16.6 Å². The van der Waals surface area contributed by atoms with Crippen LogP contribution in [0.2, 0.25) is 0 Å². The van der Waals surface area contributed by atoms with Crippen molar-refractivity contribution in [2.45, 2.75) is 0 Å². The highest BCUT2D eigenvalue weighted by atomic mass is 32.1. The van der Waals surface area contributed by atoms with Gasteiger partial charge in [-0.05, 0) is 36.4 Å². The van der Waals surface area contributed by atoms with Crippen molar-refractivity contribution in [3.05, 3.63) is 60.7 Å². The Morgan fingerprint density at radius 1 is 1.11 bits per heavy atom. The van der Waals surface area contributed by atoms with E-state index < -0.39 is 0 Å². The van der Waals surface area contributed by atoms with E-state index in [0.29, 0.717) is 10.7 Å². The zero-order valence-corrected chi connectivity index (χ0v) is 10.3. The largest absolute Gasteiger partial charge is 0.462 e. The summed E-state index contributed by atoms with van der Waals surface area (Å²) in [6, 6.07) is 13.4. The van der Waals surface area contributed by atoms with Crippen LogP contribution < -0.4 is 5.32 Å². The fraction of sp³-hybridized carbons (Fsp3) is 0. The lowest BCUT2D eigenvalue weighted by Crippen LogP contribution is -2.09. The lowest BCUT2D eigenvalue weighted by molar-refractivity contribution is 0.559. The van der Waals surface area contributed by atoms with E-state index in [-0.39, 0.29) is 0 Å². The van der Waals surface area contributed by atoms with Crippen LogP contribution in [0, 0.1) is 0 Å². The molecule has 4 heteroatoms. The standard InChI is InChI=1S/C14H10N2OS/c18-14(13-7-3-9-17-13)16-12-6-1-5-11-10(12)4-2-8-15-11/h1-9H,(H,16,18). The van der Waals surface area contributed by atoms with Crippen molar-refractivity contribution in [3.63, 3.8) is 0 Å². The van der Waals surface area contributed by atoms with Crippen LogP contribution in [0.15, 0.2) is 59.3 Å². The third-order valence-corrected chi connectivity index (χ3v) is 2.94. The van der Waals surface area contributed by atoms with Gasteiger partial charge in [-0.2, -0.15) is 0 Å². The van der Waals surface area contributed by atoms with Gasteiger partial charge in [-0.25, -0.2) is 0 Å². The fourth-order valence-electron chi connectivity index (χ4n) is 1.80. The van der Waals surface area contributed by atoms with Crippen LogP contribution in [-0.4, -0.2) is 9.97 Å². The second-order valence-electron chi connectivity index (χ2n) is 3.81. The molecular weight excluding hydrogens is 244 g/mol. The van der Waals surface area contributed by atoms with Gasteiger partial charge in [0.2, 0.25) is 0 Å². The van der Waals surface area contributed by atoms with E-state index in [0.717, 1.165) is 16.6 Å². The molecule has 0 atom stereocenters. The molecule has 3 nitrogen and oxygen atoms in total. The first-order valence-electron chi connectivity index (χ1n) is 5.53. The predicted octanol–water partition coefficient (Wildman–Crippen LogP) is 3.62. The van der Waals surface area contributed by atoms with Crippen LogP contribution in [0.3, 0.4) is 0 Å². The zero-order chi connectivity index (χ0) is 12.4. The molecule has 0 aliphatic heterocycles. The summed E-state index contributed by atoms with van der Waals surface area (Å²) in [5.74, 6) is 0.658. The van der Waals surface area contributed by atoms with Gasteiger partial charge in [-0.1, -0.05) is 18.3 Å². The van der Waals surface area contributed by atoms with Crippen molar-refractivity contribution in [2.24, 2.45) is 0 Å². The van der Waals surface area contributed by atoms with Crippen molar-refractivity contribution < 1.29 is 4.42 Å². The number of nitrogens with one attached hydrogen (secondary N) is 1. The van der Waals surface area contributed by atoms with Gasteiger partial charge in [0.15, 0.2) is 5.76 Å². The molecule has 0 bridgehead atoms. The van der Waals surface area contributed by atoms with E-state index in [2.05, 4.69) is 10.3 Å². The quantitative estimate of drug-likeness (QED) is 0.709. The third-order valence-electron chi connectivity index (χ3n) is 2.64. The number of thiocarbonyl (C=S) groups is 1. The van der Waals surface area contributed by atoms with Crippen LogP contribution in [0.5, 0.6) is 0 Å². The van der Waals surface area contributed by atoms with E-state index in [9.17, 15) is 0 Å².